The predicted octanol–water partition coefficient (Wildman–Crippen LogP) is 3.80. The number of aromatic nitrogens is 4. The molecular weight excluding hydrogens is 338 g/mol. The van der Waals surface area contributed by atoms with E-state index in [4.69, 9.17) is 9.72 Å². The summed E-state index contributed by atoms with van der Waals surface area (Å²) in [6.45, 7) is 9.69. The molecule has 3 aromatic rings. The molecule has 140 valence electrons. The van der Waals surface area contributed by atoms with Crippen molar-refractivity contribution in [2.24, 2.45) is 0 Å². The van der Waals surface area contributed by atoms with Crippen LogP contribution in [-0.2, 0) is 4.74 Å². The second kappa shape index (κ2) is 7.48. The lowest BCUT2D eigenvalue weighted by atomic mass is 10.1. The zero-order valence-electron chi connectivity index (χ0n) is 16.1. The maximum atomic E-state index is 5.45. The van der Waals surface area contributed by atoms with Crippen molar-refractivity contribution in [3.8, 4) is 22.6 Å². The first-order chi connectivity index (χ1) is 13.1. The molecule has 1 saturated heterocycles. The summed E-state index contributed by atoms with van der Waals surface area (Å²) in [6.07, 6.45) is 5.65. The third kappa shape index (κ3) is 3.71. The molecule has 0 amide bonds. The van der Waals surface area contributed by atoms with Crippen LogP contribution in [0.2, 0.25) is 0 Å². The molecule has 0 radical (unpaired) electrons. The van der Waals surface area contributed by atoms with Crippen LogP contribution in [0.25, 0.3) is 22.6 Å². The lowest BCUT2D eigenvalue weighted by molar-refractivity contribution is 0.122. The van der Waals surface area contributed by atoms with Gasteiger partial charge in [-0.15, -0.1) is 0 Å². The molecule has 0 saturated carbocycles. The Labute approximate surface area is 159 Å². The van der Waals surface area contributed by atoms with Crippen molar-refractivity contribution in [3.63, 3.8) is 0 Å². The summed E-state index contributed by atoms with van der Waals surface area (Å²) in [6, 6.07) is 6.27. The zero-order chi connectivity index (χ0) is 18.8. The molecule has 27 heavy (non-hydrogen) atoms. The number of nitrogens with one attached hydrogen (secondary N) is 1. The van der Waals surface area contributed by atoms with Gasteiger partial charge in [0.1, 0.15) is 5.69 Å². The molecule has 0 spiro atoms. The minimum Gasteiger partial charge on any atom is -0.378 e. The van der Waals surface area contributed by atoms with Crippen molar-refractivity contribution < 1.29 is 4.74 Å². The Bertz CT molecular complexity index is 928. The molecule has 1 aliphatic heterocycles. The third-order valence-corrected chi connectivity index (χ3v) is 4.91. The van der Waals surface area contributed by atoms with E-state index in [1.54, 1.807) is 0 Å². The molecule has 4 rings (SSSR count). The molecule has 1 N–H and O–H groups in total. The number of anilines is 1. The number of ether oxygens (including phenoxy) is 1. The van der Waals surface area contributed by atoms with E-state index in [0.29, 0.717) is 5.92 Å². The molecule has 0 atom stereocenters. The minimum absolute atomic E-state index is 0.382. The summed E-state index contributed by atoms with van der Waals surface area (Å²) < 4.78 is 5.45. The Hall–Kier alpha value is -2.73. The lowest BCUT2D eigenvalue weighted by Crippen LogP contribution is -2.36. The molecule has 6 heteroatoms. The summed E-state index contributed by atoms with van der Waals surface area (Å²) in [4.78, 5) is 19.4. The van der Waals surface area contributed by atoms with Gasteiger partial charge in [0.05, 0.1) is 30.8 Å². The summed E-state index contributed by atoms with van der Waals surface area (Å²) >= 11 is 0. The van der Waals surface area contributed by atoms with Crippen LogP contribution < -0.4 is 4.90 Å². The fourth-order valence-corrected chi connectivity index (χ4v) is 3.48. The average molecular weight is 363 g/mol. The zero-order valence-corrected chi connectivity index (χ0v) is 16.1. The quantitative estimate of drug-likeness (QED) is 0.764. The molecule has 6 nitrogen and oxygen atoms in total. The molecule has 0 aliphatic carbocycles. The molecule has 0 bridgehead atoms. The molecule has 3 aromatic heterocycles. The van der Waals surface area contributed by atoms with E-state index in [-0.39, 0.29) is 0 Å². The number of H-pyrrole nitrogens is 1. The fraction of sp³-hybridized carbons (Fsp3) is 0.381. The summed E-state index contributed by atoms with van der Waals surface area (Å²) in [7, 11) is 0. The number of morpholine rings is 1. The van der Waals surface area contributed by atoms with Crippen LogP contribution in [0, 0.1) is 6.92 Å². The van der Waals surface area contributed by atoms with Crippen molar-refractivity contribution in [2.45, 2.75) is 26.7 Å². The number of pyridine rings is 2. The predicted molar refractivity (Wildman–Crippen MR) is 107 cm³/mol. The van der Waals surface area contributed by atoms with E-state index >= 15 is 0 Å². The van der Waals surface area contributed by atoms with Crippen LogP contribution in [0.15, 0.2) is 36.8 Å². The maximum Gasteiger partial charge on any atom is 0.156 e. The second-order valence-corrected chi connectivity index (χ2v) is 7.21. The molecule has 1 aliphatic rings. The van der Waals surface area contributed by atoms with Gasteiger partial charge in [-0.2, -0.15) is 0 Å². The number of imidazole rings is 1. The van der Waals surface area contributed by atoms with Crippen molar-refractivity contribution in [3.05, 3.63) is 48.2 Å². The van der Waals surface area contributed by atoms with Crippen molar-refractivity contribution in [1.29, 1.82) is 0 Å². The third-order valence-electron chi connectivity index (χ3n) is 4.91. The number of rotatable bonds is 4. The number of aromatic amines is 1. The van der Waals surface area contributed by atoms with Crippen LogP contribution in [0.3, 0.4) is 0 Å². The average Bonchev–Trinajstić information content (AvgIpc) is 3.11. The summed E-state index contributed by atoms with van der Waals surface area (Å²) in [5, 5.41) is 0. The molecular formula is C21H25N5O. The summed E-state index contributed by atoms with van der Waals surface area (Å²) in [5.41, 5.74) is 6.33. The van der Waals surface area contributed by atoms with Crippen LogP contribution in [0.4, 0.5) is 5.69 Å². The molecule has 4 heterocycles. The Kier molecular flexibility index (Phi) is 4.90. The SMILES string of the molecule is Cc1[nH]c(-c2cc(-c3cncc(N4CCOCC4)c3)ccn2)nc1C(C)C. The van der Waals surface area contributed by atoms with Gasteiger partial charge in [-0.1, -0.05) is 13.8 Å². The first-order valence-electron chi connectivity index (χ1n) is 9.43. The van der Waals surface area contributed by atoms with Crippen LogP contribution in [-0.4, -0.2) is 46.2 Å². The molecule has 1 fully saturated rings. The van der Waals surface area contributed by atoms with E-state index in [2.05, 4.69) is 52.8 Å². The highest BCUT2D eigenvalue weighted by Crippen LogP contribution is 2.27. The number of aryl methyl sites for hydroxylation is 1. The van der Waals surface area contributed by atoms with Crippen molar-refractivity contribution in [1.82, 2.24) is 19.9 Å². The Balaban J connectivity index is 1.65. The lowest BCUT2D eigenvalue weighted by Gasteiger charge is -2.28. The van der Waals surface area contributed by atoms with Gasteiger partial charge in [0.15, 0.2) is 5.82 Å². The number of nitrogens with zero attached hydrogens (tertiary/aromatic N) is 4. The Morgan fingerprint density at radius 1 is 1.11 bits per heavy atom. The van der Waals surface area contributed by atoms with Crippen molar-refractivity contribution in [2.75, 3.05) is 31.2 Å². The van der Waals surface area contributed by atoms with Gasteiger partial charge in [0, 0.05) is 36.7 Å². The van der Waals surface area contributed by atoms with E-state index in [9.17, 15) is 0 Å². The topological polar surface area (TPSA) is 66.9 Å². The second-order valence-electron chi connectivity index (χ2n) is 7.21. The van der Waals surface area contributed by atoms with E-state index in [1.165, 1.54) is 0 Å². The minimum atomic E-state index is 0.382. The van der Waals surface area contributed by atoms with Crippen molar-refractivity contribution >= 4 is 5.69 Å². The van der Waals surface area contributed by atoms with Gasteiger partial charge in [0.25, 0.3) is 0 Å². The van der Waals surface area contributed by atoms with Gasteiger partial charge in [-0.05, 0) is 36.6 Å². The van der Waals surface area contributed by atoms with Gasteiger partial charge >= 0.3 is 0 Å². The standard InChI is InChI=1S/C21H25N5O/c1-14(2)20-15(3)24-21(25-20)19-11-16(4-5-23-19)17-10-18(13-22-12-17)26-6-8-27-9-7-26/h4-5,10-14H,6-9H2,1-3H3,(H,24,25). The Morgan fingerprint density at radius 2 is 1.93 bits per heavy atom. The highest BCUT2D eigenvalue weighted by Gasteiger charge is 2.15. The number of hydrogen-bond donors (Lipinski definition) is 1. The fourth-order valence-electron chi connectivity index (χ4n) is 3.48. The smallest absolute Gasteiger partial charge is 0.156 e. The highest BCUT2D eigenvalue weighted by atomic mass is 16.5. The highest BCUT2D eigenvalue weighted by molar-refractivity contribution is 5.70. The molecule has 0 aromatic carbocycles. The Morgan fingerprint density at radius 3 is 2.67 bits per heavy atom. The van der Waals surface area contributed by atoms with Gasteiger partial charge in [-0.25, -0.2) is 4.98 Å². The van der Waals surface area contributed by atoms with Gasteiger partial charge < -0.3 is 14.6 Å². The monoisotopic (exact) mass is 363 g/mol. The van der Waals surface area contributed by atoms with E-state index < -0.39 is 0 Å². The largest absolute Gasteiger partial charge is 0.378 e. The van der Waals surface area contributed by atoms with E-state index in [1.807, 2.05) is 24.7 Å². The van der Waals surface area contributed by atoms with Gasteiger partial charge in [0.2, 0.25) is 0 Å². The normalized spacial score (nSPS) is 14.7. The summed E-state index contributed by atoms with van der Waals surface area (Å²) in [5.74, 6) is 1.20. The first-order valence-corrected chi connectivity index (χ1v) is 9.43. The molecule has 0 unspecified atom stereocenters. The van der Waals surface area contributed by atoms with E-state index in [0.717, 1.165) is 66.0 Å². The maximum absolute atomic E-state index is 5.45. The van der Waals surface area contributed by atoms with Gasteiger partial charge in [-0.3, -0.25) is 9.97 Å². The first kappa shape index (κ1) is 17.7. The van der Waals surface area contributed by atoms with Crippen LogP contribution in [0.5, 0.6) is 0 Å². The van der Waals surface area contributed by atoms with Crippen LogP contribution >= 0.6 is 0 Å². The van der Waals surface area contributed by atoms with Crippen LogP contribution in [0.1, 0.15) is 31.2 Å². The number of hydrogen-bond acceptors (Lipinski definition) is 5.